The molecule has 1 atom stereocenters. The van der Waals surface area contributed by atoms with Crippen LogP contribution in [-0.4, -0.2) is 15.6 Å². The van der Waals surface area contributed by atoms with Crippen molar-refractivity contribution in [3.05, 3.63) is 53.3 Å². The van der Waals surface area contributed by atoms with Gasteiger partial charge in [-0.05, 0) is 36.5 Å². The number of carbonyl (C=O) groups is 1. The highest BCUT2D eigenvalue weighted by molar-refractivity contribution is 5.96. The molecule has 0 bridgehead atoms. The first-order chi connectivity index (χ1) is 8.74. The SMILES string of the molecule is Cn1ccc(C(=O)C2CCc3ccccc3C2)n1. The Kier molecular flexibility index (Phi) is 2.74. The number of aryl methyl sites for hydroxylation is 2. The first-order valence-corrected chi connectivity index (χ1v) is 6.34. The van der Waals surface area contributed by atoms with Crippen LogP contribution in [0.5, 0.6) is 0 Å². The highest BCUT2D eigenvalue weighted by atomic mass is 16.1. The molecule has 0 amide bonds. The molecule has 0 fully saturated rings. The van der Waals surface area contributed by atoms with Crippen LogP contribution in [0.1, 0.15) is 28.0 Å². The summed E-state index contributed by atoms with van der Waals surface area (Å²) in [6, 6.07) is 10.2. The summed E-state index contributed by atoms with van der Waals surface area (Å²) in [5.74, 6) is 0.278. The fourth-order valence-corrected chi connectivity index (χ4v) is 2.68. The second-order valence-electron chi connectivity index (χ2n) is 4.95. The van der Waals surface area contributed by atoms with Gasteiger partial charge >= 0.3 is 0 Å². The van der Waals surface area contributed by atoms with E-state index in [9.17, 15) is 4.79 Å². The Morgan fingerprint density at radius 2 is 2.06 bits per heavy atom. The highest BCUT2D eigenvalue weighted by Crippen LogP contribution is 2.27. The van der Waals surface area contributed by atoms with Gasteiger partial charge in [0.15, 0.2) is 5.78 Å². The topological polar surface area (TPSA) is 34.9 Å². The van der Waals surface area contributed by atoms with Crippen molar-refractivity contribution in [1.82, 2.24) is 9.78 Å². The minimum absolute atomic E-state index is 0.0924. The number of nitrogens with zero attached hydrogens (tertiary/aromatic N) is 2. The molecule has 1 aromatic carbocycles. The van der Waals surface area contributed by atoms with Crippen LogP contribution in [0.4, 0.5) is 0 Å². The molecule has 1 aliphatic rings. The van der Waals surface area contributed by atoms with E-state index in [-0.39, 0.29) is 11.7 Å². The van der Waals surface area contributed by atoms with Crippen molar-refractivity contribution < 1.29 is 4.79 Å². The maximum Gasteiger partial charge on any atom is 0.186 e. The zero-order chi connectivity index (χ0) is 12.5. The molecule has 0 radical (unpaired) electrons. The van der Waals surface area contributed by atoms with Crippen molar-refractivity contribution in [2.24, 2.45) is 13.0 Å². The molecular formula is C15H16N2O. The monoisotopic (exact) mass is 240 g/mol. The summed E-state index contributed by atoms with van der Waals surface area (Å²) >= 11 is 0. The normalized spacial score (nSPS) is 18.4. The number of rotatable bonds is 2. The quantitative estimate of drug-likeness (QED) is 0.755. The number of carbonyl (C=O) groups excluding carboxylic acids is 1. The second-order valence-corrected chi connectivity index (χ2v) is 4.95. The summed E-state index contributed by atoms with van der Waals surface area (Å²) in [4.78, 5) is 12.3. The zero-order valence-corrected chi connectivity index (χ0v) is 10.5. The minimum atomic E-state index is 0.0924. The van der Waals surface area contributed by atoms with Crippen molar-refractivity contribution >= 4 is 5.78 Å². The van der Waals surface area contributed by atoms with E-state index in [2.05, 4.69) is 23.3 Å². The van der Waals surface area contributed by atoms with E-state index in [0.29, 0.717) is 5.69 Å². The Bertz CT molecular complexity index is 586. The van der Waals surface area contributed by atoms with Gasteiger partial charge in [0.25, 0.3) is 0 Å². The van der Waals surface area contributed by atoms with E-state index in [0.717, 1.165) is 19.3 Å². The smallest absolute Gasteiger partial charge is 0.186 e. The molecule has 0 saturated heterocycles. The van der Waals surface area contributed by atoms with Gasteiger partial charge in [-0.3, -0.25) is 9.48 Å². The van der Waals surface area contributed by atoms with Gasteiger partial charge in [-0.1, -0.05) is 24.3 Å². The van der Waals surface area contributed by atoms with Gasteiger partial charge in [0.05, 0.1) is 0 Å². The Balaban J connectivity index is 1.82. The first-order valence-electron chi connectivity index (χ1n) is 6.34. The van der Waals surface area contributed by atoms with Crippen LogP contribution < -0.4 is 0 Å². The summed E-state index contributed by atoms with van der Waals surface area (Å²) in [6.45, 7) is 0. The van der Waals surface area contributed by atoms with Gasteiger partial charge < -0.3 is 0 Å². The van der Waals surface area contributed by atoms with Crippen LogP contribution in [0.3, 0.4) is 0 Å². The van der Waals surface area contributed by atoms with E-state index < -0.39 is 0 Å². The van der Waals surface area contributed by atoms with Crippen LogP contribution in [0.25, 0.3) is 0 Å². The number of benzene rings is 1. The lowest BCUT2D eigenvalue weighted by Gasteiger charge is -2.22. The van der Waals surface area contributed by atoms with Crippen molar-refractivity contribution in [1.29, 1.82) is 0 Å². The Morgan fingerprint density at radius 3 is 2.78 bits per heavy atom. The maximum atomic E-state index is 12.3. The molecule has 3 nitrogen and oxygen atoms in total. The Labute approximate surface area is 106 Å². The Morgan fingerprint density at radius 1 is 1.28 bits per heavy atom. The van der Waals surface area contributed by atoms with E-state index in [1.54, 1.807) is 4.68 Å². The van der Waals surface area contributed by atoms with Gasteiger partial charge in [-0.15, -0.1) is 0 Å². The predicted octanol–water partition coefficient (Wildman–Crippen LogP) is 2.41. The number of fused-ring (bicyclic) bond motifs is 1. The summed E-state index contributed by atoms with van der Waals surface area (Å²) in [7, 11) is 1.84. The summed E-state index contributed by atoms with van der Waals surface area (Å²) in [5, 5.41) is 4.21. The lowest BCUT2D eigenvalue weighted by atomic mass is 9.81. The van der Waals surface area contributed by atoms with E-state index in [1.807, 2.05) is 25.4 Å². The molecule has 1 aliphatic carbocycles. The molecule has 2 aromatic rings. The number of aromatic nitrogens is 2. The van der Waals surface area contributed by atoms with Gasteiger partial charge in [0.1, 0.15) is 5.69 Å². The molecule has 1 unspecified atom stereocenters. The minimum Gasteiger partial charge on any atom is -0.292 e. The molecular weight excluding hydrogens is 224 g/mol. The van der Waals surface area contributed by atoms with Crippen LogP contribution >= 0.6 is 0 Å². The highest BCUT2D eigenvalue weighted by Gasteiger charge is 2.26. The third-order valence-electron chi connectivity index (χ3n) is 3.68. The standard InChI is InChI=1S/C15H16N2O/c1-17-9-8-14(16-17)15(18)13-7-6-11-4-2-3-5-12(11)10-13/h2-5,8-9,13H,6-7,10H2,1H3. The van der Waals surface area contributed by atoms with Crippen molar-refractivity contribution in [3.8, 4) is 0 Å². The lowest BCUT2D eigenvalue weighted by molar-refractivity contribution is 0.0903. The molecule has 1 heterocycles. The first kappa shape index (κ1) is 11.2. The summed E-state index contributed by atoms with van der Waals surface area (Å²) < 4.78 is 1.68. The van der Waals surface area contributed by atoms with Crippen LogP contribution in [0.2, 0.25) is 0 Å². The van der Waals surface area contributed by atoms with Crippen LogP contribution in [0.15, 0.2) is 36.5 Å². The molecule has 0 aliphatic heterocycles. The summed E-state index contributed by atoms with van der Waals surface area (Å²) in [5.41, 5.74) is 3.31. The zero-order valence-electron chi connectivity index (χ0n) is 10.5. The maximum absolute atomic E-state index is 12.3. The molecule has 92 valence electrons. The average Bonchev–Trinajstić information content (AvgIpc) is 2.84. The Hall–Kier alpha value is -1.90. The van der Waals surface area contributed by atoms with E-state index >= 15 is 0 Å². The van der Waals surface area contributed by atoms with Gasteiger partial charge in [0, 0.05) is 19.2 Å². The molecule has 3 rings (SSSR count). The molecule has 3 heteroatoms. The van der Waals surface area contributed by atoms with Crippen LogP contribution in [-0.2, 0) is 19.9 Å². The molecule has 0 spiro atoms. The molecule has 0 saturated carbocycles. The lowest BCUT2D eigenvalue weighted by Crippen LogP contribution is -2.23. The van der Waals surface area contributed by atoms with Crippen molar-refractivity contribution in [2.45, 2.75) is 19.3 Å². The number of hydrogen-bond donors (Lipinski definition) is 0. The van der Waals surface area contributed by atoms with Crippen LogP contribution in [0, 0.1) is 5.92 Å². The fraction of sp³-hybridized carbons (Fsp3) is 0.333. The van der Waals surface area contributed by atoms with Gasteiger partial charge in [-0.25, -0.2) is 0 Å². The molecule has 0 N–H and O–H groups in total. The van der Waals surface area contributed by atoms with Crippen molar-refractivity contribution in [3.63, 3.8) is 0 Å². The van der Waals surface area contributed by atoms with Crippen molar-refractivity contribution in [2.75, 3.05) is 0 Å². The van der Waals surface area contributed by atoms with E-state index in [1.165, 1.54) is 11.1 Å². The van der Waals surface area contributed by atoms with E-state index in [4.69, 9.17) is 0 Å². The van der Waals surface area contributed by atoms with Gasteiger partial charge in [0.2, 0.25) is 0 Å². The summed E-state index contributed by atoms with van der Waals surface area (Å²) in [6.07, 6.45) is 4.61. The molecule has 1 aromatic heterocycles. The predicted molar refractivity (Wildman–Crippen MR) is 69.5 cm³/mol. The number of ketones is 1. The second kappa shape index (κ2) is 4.41. The fourth-order valence-electron chi connectivity index (χ4n) is 2.68. The third kappa shape index (κ3) is 1.96. The molecule has 18 heavy (non-hydrogen) atoms. The largest absolute Gasteiger partial charge is 0.292 e. The number of Topliss-reactive ketones (excluding diaryl/α,β-unsaturated/α-hetero) is 1. The third-order valence-corrected chi connectivity index (χ3v) is 3.68. The average molecular weight is 240 g/mol. The number of hydrogen-bond acceptors (Lipinski definition) is 2. The van der Waals surface area contributed by atoms with Gasteiger partial charge in [-0.2, -0.15) is 5.10 Å².